The van der Waals surface area contributed by atoms with E-state index in [2.05, 4.69) is 29.0 Å². The van der Waals surface area contributed by atoms with Crippen LogP contribution >= 0.6 is 0 Å². The van der Waals surface area contributed by atoms with Gasteiger partial charge in [-0.05, 0) is 17.9 Å². The third-order valence-electron chi connectivity index (χ3n) is 3.03. The maximum Gasteiger partial charge on any atom is 0.229 e. The van der Waals surface area contributed by atoms with Gasteiger partial charge in [-0.15, -0.1) is 0 Å². The first-order valence-corrected chi connectivity index (χ1v) is 7.05. The molecule has 1 atom stereocenters. The molecule has 0 aromatic carbocycles. The zero-order chi connectivity index (χ0) is 15.2. The van der Waals surface area contributed by atoms with Crippen LogP contribution in [-0.2, 0) is 12.8 Å². The first-order valence-electron chi connectivity index (χ1n) is 7.05. The molecule has 0 amide bonds. The average Bonchev–Trinajstić information content (AvgIpc) is 2.85. The van der Waals surface area contributed by atoms with Crippen molar-refractivity contribution in [3.63, 3.8) is 0 Å². The molecule has 0 bridgehead atoms. The molecule has 0 radical (unpaired) electrons. The fraction of sp³-hybridized carbons (Fsp3) is 0.533. The lowest BCUT2D eigenvalue weighted by Crippen LogP contribution is -2.13. The zero-order valence-corrected chi connectivity index (χ0v) is 12.6. The Morgan fingerprint density at radius 2 is 2.14 bits per heavy atom. The minimum atomic E-state index is -0.444. The largest absolute Gasteiger partial charge is 0.481 e. The molecule has 2 aromatic heterocycles. The van der Waals surface area contributed by atoms with Crippen molar-refractivity contribution in [2.24, 2.45) is 5.92 Å². The summed E-state index contributed by atoms with van der Waals surface area (Å²) in [6, 6.07) is 3.71. The quantitative estimate of drug-likeness (QED) is 0.840. The number of pyridine rings is 1. The molecule has 0 aliphatic carbocycles. The second-order valence-electron chi connectivity index (χ2n) is 5.48. The molecule has 2 heterocycles. The standard InChI is InChI=1S/C15H21N3O3/c1-10(2)6-12(19)8-15-17-13(18-21-15)7-11-4-5-14(20-3)16-9-11/h4-5,9-10,12,19H,6-8H2,1-3H3. The molecule has 1 N–H and O–H groups in total. The molecule has 0 aliphatic heterocycles. The van der Waals surface area contributed by atoms with Gasteiger partial charge in [0.25, 0.3) is 0 Å². The Kier molecular flexibility index (Phi) is 5.27. The van der Waals surface area contributed by atoms with Crippen LogP contribution in [0.5, 0.6) is 5.88 Å². The smallest absolute Gasteiger partial charge is 0.229 e. The summed E-state index contributed by atoms with van der Waals surface area (Å²) in [7, 11) is 1.58. The molecule has 1 unspecified atom stereocenters. The van der Waals surface area contributed by atoms with E-state index >= 15 is 0 Å². The van der Waals surface area contributed by atoms with Gasteiger partial charge in [0, 0.05) is 18.7 Å². The number of aliphatic hydroxyl groups is 1. The molecule has 6 nitrogen and oxygen atoms in total. The van der Waals surface area contributed by atoms with E-state index in [0.29, 0.717) is 36.4 Å². The van der Waals surface area contributed by atoms with E-state index in [1.807, 2.05) is 6.07 Å². The van der Waals surface area contributed by atoms with Crippen molar-refractivity contribution in [2.75, 3.05) is 7.11 Å². The van der Waals surface area contributed by atoms with E-state index in [9.17, 15) is 5.11 Å². The second-order valence-corrected chi connectivity index (χ2v) is 5.48. The Morgan fingerprint density at radius 3 is 2.76 bits per heavy atom. The fourth-order valence-corrected chi connectivity index (χ4v) is 2.09. The monoisotopic (exact) mass is 291 g/mol. The van der Waals surface area contributed by atoms with Crippen molar-refractivity contribution >= 4 is 0 Å². The van der Waals surface area contributed by atoms with E-state index in [4.69, 9.17) is 9.26 Å². The molecule has 21 heavy (non-hydrogen) atoms. The minimum absolute atomic E-state index is 0.395. The predicted molar refractivity (Wildman–Crippen MR) is 77.1 cm³/mol. The first kappa shape index (κ1) is 15.4. The summed E-state index contributed by atoms with van der Waals surface area (Å²) in [4.78, 5) is 8.43. The topological polar surface area (TPSA) is 81.3 Å². The van der Waals surface area contributed by atoms with Crippen LogP contribution in [0.25, 0.3) is 0 Å². The Bertz CT molecular complexity index is 552. The summed E-state index contributed by atoms with van der Waals surface area (Å²) in [5.74, 6) is 2.07. The Labute approximate surface area is 124 Å². The van der Waals surface area contributed by atoms with Gasteiger partial charge in [0.1, 0.15) is 0 Å². The number of hydrogen-bond acceptors (Lipinski definition) is 6. The summed E-state index contributed by atoms with van der Waals surface area (Å²) in [6.45, 7) is 4.14. The van der Waals surface area contributed by atoms with Crippen LogP contribution in [0.1, 0.15) is 37.5 Å². The summed E-state index contributed by atoms with van der Waals surface area (Å²) < 4.78 is 10.2. The SMILES string of the molecule is COc1ccc(Cc2noc(CC(O)CC(C)C)n2)cn1. The normalized spacial score (nSPS) is 12.6. The molecule has 2 rings (SSSR count). The molecule has 2 aromatic rings. The van der Waals surface area contributed by atoms with Gasteiger partial charge in [-0.25, -0.2) is 4.98 Å². The van der Waals surface area contributed by atoms with Crippen molar-refractivity contribution in [1.29, 1.82) is 0 Å². The molecule has 0 fully saturated rings. The fourth-order valence-electron chi connectivity index (χ4n) is 2.09. The predicted octanol–water partition coefficient (Wildman–Crippen LogP) is 2.01. The van der Waals surface area contributed by atoms with Gasteiger partial charge in [0.2, 0.25) is 11.8 Å². The van der Waals surface area contributed by atoms with Gasteiger partial charge in [-0.3, -0.25) is 0 Å². The van der Waals surface area contributed by atoms with Gasteiger partial charge in [0.05, 0.1) is 19.6 Å². The number of nitrogens with zero attached hydrogens (tertiary/aromatic N) is 3. The maximum atomic E-state index is 9.88. The zero-order valence-electron chi connectivity index (χ0n) is 12.6. The summed E-state index contributed by atoms with van der Waals surface area (Å²) in [5, 5.41) is 13.8. The van der Waals surface area contributed by atoms with Crippen molar-refractivity contribution in [3.8, 4) is 5.88 Å². The molecule has 0 saturated carbocycles. The molecular formula is C15H21N3O3. The van der Waals surface area contributed by atoms with Crippen LogP contribution in [0.2, 0.25) is 0 Å². The highest BCUT2D eigenvalue weighted by Gasteiger charge is 2.14. The number of hydrogen-bond donors (Lipinski definition) is 1. The minimum Gasteiger partial charge on any atom is -0.481 e. The highest BCUT2D eigenvalue weighted by molar-refractivity contribution is 5.20. The Balaban J connectivity index is 1.93. The van der Waals surface area contributed by atoms with Gasteiger partial charge < -0.3 is 14.4 Å². The highest BCUT2D eigenvalue weighted by atomic mass is 16.5. The number of aromatic nitrogens is 3. The van der Waals surface area contributed by atoms with E-state index in [1.54, 1.807) is 19.4 Å². The molecule has 0 spiro atoms. The van der Waals surface area contributed by atoms with Gasteiger partial charge in [0.15, 0.2) is 5.82 Å². The third kappa shape index (κ3) is 4.82. The maximum absolute atomic E-state index is 9.88. The summed E-state index contributed by atoms with van der Waals surface area (Å²) in [5.41, 5.74) is 0.978. The van der Waals surface area contributed by atoms with E-state index in [-0.39, 0.29) is 0 Å². The number of aliphatic hydroxyl groups excluding tert-OH is 1. The first-order chi connectivity index (χ1) is 10.1. The lowest BCUT2D eigenvalue weighted by molar-refractivity contribution is 0.138. The molecular weight excluding hydrogens is 270 g/mol. The number of methoxy groups -OCH3 is 1. The Hall–Kier alpha value is -1.95. The number of rotatable bonds is 7. The van der Waals surface area contributed by atoms with E-state index in [1.165, 1.54) is 0 Å². The molecule has 0 aliphatic rings. The lowest BCUT2D eigenvalue weighted by atomic mass is 10.0. The van der Waals surface area contributed by atoms with Crippen LogP contribution in [0.3, 0.4) is 0 Å². The van der Waals surface area contributed by atoms with Crippen LogP contribution in [0.15, 0.2) is 22.9 Å². The highest BCUT2D eigenvalue weighted by Crippen LogP contribution is 2.12. The summed E-state index contributed by atoms with van der Waals surface area (Å²) in [6.07, 6.45) is 2.94. The van der Waals surface area contributed by atoms with Crippen molar-refractivity contribution in [3.05, 3.63) is 35.6 Å². The van der Waals surface area contributed by atoms with E-state index < -0.39 is 6.10 Å². The van der Waals surface area contributed by atoms with Crippen molar-refractivity contribution in [2.45, 2.75) is 39.2 Å². The third-order valence-corrected chi connectivity index (χ3v) is 3.03. The molecule has 6 heteroatoms. The summed E-state index contributed by atoms with van der Waals surface area (Å²) >= 11 is 0. The van der Waals surface area contributed by atoms with Crippen molar-refractivity contribution in [1.82, 2.24) is 15.1 Å². The van der Waals surface area contributed by atoms with Gasteiger partial charge >= 0.3 is 0 Å². The van der Waals surface area contributed by atoms with Crippen LogP contribution in [0, 0.1) is 5.92 Å². The molecule has 0 saturated heterocycles. The Morgan fingerprint density at radius 1 is 1.33 bits per heavy atom. The second kappa shape index (κ2) is 7.17. The van der Waals surface area contributed by atoms with Gasteiger partial charge in [-0.2, -0.15) is 4.98 Å². The van der Waals surface area contributed by atoms with E-state index in [0.717, 1.165) is 12.0 Å². The van der Waals surface area contributed by atoms with Crippen molar-refractivity contribution < 1.29 is 14.4 Å². The van der Waals surface area contributed by atoms with Crippen LogP contribution in [-0.4, -0.2) is 33.4 Å². The average molecular weight is 291 g/mol. The number of ether oxygens (including phenoxy) is 1. The van der Waals surface area contributed by atoms with Crippen LogP contribution in [0.4, 0.5) is 0 Å². The lowest BCUT2D eigenvalue weighted by Gasteiger charge is -2.09. The van der Waals surface area contributed by atoms with Crippen LogP contribution < -0.4 is 4.74 Å². The molecule has 114 valence electrons. The van der Waals surface area contributed by atoms with Gasteiger partial charge in [-0.1, -0.05) is 25.1 Å².